The van der Waals surface area contributed by atoms with Crippen LogP contribution in [0.5, 0.6) is 5.75 Å². The molecule has 0 N–H and O–H groups in total. The Balaban J connectivity index is 2.05. The van der Waals surface area contributed by atoms with E-state index >= 15 is 0 Å². The van der Waals surface area contributed by atoms with Gasteiger partial charge in [0.1, 0.15) is 5.75 Å². The molecule has 3 rings (SSSR count). The molecule has 1 fully saturated rings. The number of aromatic nitrogens is 1. The predicted molar refractivity (Wildman–Crippen MR) is 124 cm³/mol. The van der Waals surface area contributed by atoms with Crippen LogP contribution in [-0.4, -0.2) is 41.3 Å². The molecule has 1 saturated heterocycles. The third-order valence-corrected chi connectivity index (χ3v) is 5.79. The highest BCUT2D eigenvalue weighted by atomic mass is 16.5. The summed E-state index contributed by atoms with van der Waals surface area (Å²) in [4.78, 5) is 7.55. The third kappa shape index (κ3) is 5.22. The third-order valence-electron chi connectivity index (χ3n) is 5.79. The van der Waals surface area contributed by atoms with Crippen molar-refractivity contribution < 1.29 is 9.47 Å². The molecule has 2 aromatic rings. The first-order valence-electron chi connectivity index (χ1n) is 11.4. The maximum atomic E-state index is 6.33. The summed E-state index contributed by atoms with van der Waals surface area (Å²) in [5, 5.41) is 0. The molecule has 1 aliphatic heterocycles. The Morgan fingerprint density at radius 1 is 1.17 bits per heavy atom. The number of hydrogen-bond donors (Lipinski definition) is 0. The Bertz CT molecular complexity index is 851. The van der Waals surface area contributed by atoms with Gasteiger partial charge in [-0.1, -0.05) is 32.0 Å². The van der Waals surface area contributed by atoms with E-state index in [1.807, 2.05) is 0 Å². The fourth-order valence-electron chi connectivity index (χ4n) is 4.39. The molecule has 0 unspecified atom stereocenters. The lowest BCUT2D eigenvalue weighted by atomic mass is 9.94. The van der Waals surface area contributed by atoms with E-state index in [1.165, 1.54) is 22.3 Å². The van der Waals surface area contributed by atoms with Crippen LogP contribution in [0.4, 0.5) is 0 Å². The average molecular weight is 411 g/mol. The van der Waals surface area contributed by atoms with Crippen molar-refractivity contribution in [3.05, 3.63) is 46.6 Å². The number of rotatable bonds is 7. The van der Waals surface area contributed by atoms with E-state index in [2.05, 4.69) is 77.6 Å². The predicted octanol–water partition coefficient (Wildman–Crippen LogP) is 5.58. The van der Waals surface area contributed by atoms with Crippen LogP contribution >= 0.6 is 0 Å². The van der Waals surface area contributed by atoms with Gasteiger partial charge in [0.25, 0.3) is 0 Å². The van der Waals surface area contributed by atoms with Gasteiger partial charge in [-0.15, -0.1) is 0 Å². The topological polar surface area (TPSA) is 34.6 Å². The van der Waals surface area contributed by atoms with Gasteiger partial charge in [-0.05, 0) is 58.6 Å². The van der Waals surface area contributed by atoms with E-state index in [-0.39, 0.29) is 11.7 Å². The molecule has 0 bridgehead atoms. The first-order chi connectivity index (χ1) is 14.2. The summed E-state index contributed by atoms with van der Waals surface area (Å²) in [5.74, 6) is 0.963. The minimum absolute atomic E-state index is 0.116. The number of pyridine rings is 1. The number of hydrogen-bond acceptors (Lipinski definition) is 4. The lowest BCUT2D eigenvalue weighted by Gasteiger charge is -2.38. The minimum Gasteiger partial charge on any atom is -0.491 e. The molecule has 1 aromatic heterocycles. The first kappa shape index (κ1) is 22.8. The fourth-order valence-corrected chi connectivity index (χ4v) is 4.39. The van der Waals surface area contributed by atoms with Gasteiger partial charge >= 0.3 is 0 Å². The summed E-state index contributed by atoms with van der Waals surface area (Å²) in [6, 6.07) is 8.77. The quantitative estimate of drug-likeness (QED) is 0.597. The standard InChI is InChI=1S/C26H38N2O2/c1-8-20-11-10-12-21(9-2)25(20)23-15-24(30-18(3)4)22(19(5)27-23)16-28-13-14-29-26(6,7)17-28/h10-12,15,18H,8-9,13-14,16-17H2,1-7H3. The number of nitrogens with zero attached hydrogens (tertiary/aromatic N) is 2. The van der Waals surface area contributed by atoms with E-state index in [4.69, 9.17) is 14.5 Å². The van der Waals surface area contributed by atoms with Crippen LogP contribution < -0.4 is 4.74 Å². The molecular formula is C26H38N2O2. The molecule has 0 aliphatic carbocycles. The van der Waals surface area contributed by atoms with Gasteiger partial charge in [-0.25, -0.2) is 0 Å². The lowest BCUT2D eigenvalue weighted by Crippen LogP contribution is -2.47. The van der Waals surface area contributed by atoms with Crippen molar-refractivity contribution in [3.63, 3.8) is 0 Å². The van der Waals surface area contributed by atoms with Crippen molar-refractivity contribution in [2.45, 2.75) is 79.6 Å². The van der Waals surface area contributed by atoms with Gasteiger partial charge in [-0.3, -0.25) is 9.88 Å². The van der Waals surface area contributed by atoms with Crippen LogP contribution in [0.25, 0.3) is 11.3 Å². The summed E-state index contributed by atoms with van der Waals surface area (Å²) in [5.41, 5.74) is 7.13. The van der Waals surface area contributed by atoms with Crippen LogP contribution in [0.1, 0.15) is 63.9 Å². The Morgan fingerprint density at radius 2 is 1.83 bits per heavy atom. The van der Waals surface area contributed by atoms with Crippen LogP contribution in [0.15, 0.2) is 24.3 Å². The number of morpholine rings is 1. The first-order valence-corrected chi connectivity index (χ1v) is 11.4. The SMILES string of the molecule is CCc1cccc(CC)c1-c1cc(OC(C)C)c(CN2CCOC(C)(C)C2)c(C)n1. The molecule has 30 heavy (non-hydrogen) atoms. The van der Waals surface area contributed by atoms with E-state index in [0.717, 1.165) is 56.2 Å². The molecule has 0 saturated carbocycles. The van der Waals surface area contributed by atoms with Crippen molar-refractivity contribution >= 4 is 0 Å². The fraction of sp³-hybridized carbons (Fsp3) is 0.577. The van der Waals surface area contributed by atoms with Gasteiger partial charge in [0.05, 0.1) is 24.0 Å². The summed E-state index contributed by atoms with van der Waals surface area (Å²) >= 11 is 0. The van der Waals surface area contributed by atoms with E-state index in [1.54, 1.807) is 0 Å². The molecule has 0 amide bonds. The Kier molecular flexibility index (Phi) is 7.20. The molecule has 164 valence electrons. The van der Waals surface area contributed by atoms with E-state index in [0.29, 0.717) is 0 Å². The molecule has 1 aliphatic rings. The summed E-state index contributed by atoms with van der Waals surface area (Å²) < 4.78 is 12.2. The van der Waals surface area contributed by atoms with Gasteiger partial charge < -0.3 is 9.47 Å². The van der Waals surface area contributed by atoms with Gasteiger partial charge in [-0.2, -0.15) is 0 Å². The zero-order valence-corrected chi connectivity index (χ0v) is 19.8. The van der Waals surface area contributed by atoms with Crippen LogP contribution in [0.3, 0.4) is 0 Å². The van der Waals surface area contributed by atoms with Crippen molar-refractivity contribution in [2.75, 3.05) is 19.7 Å². The summed E-state index contributed by atoms with van der Waals surface area (Å²) in [6.07, 6.45) is 2.11. The molecule has 4 nitrogen and oxygen atoms in total. The van der Waals surface area contributed by atoms with Crippen molar-refractivity contribution in [1.29, 1.82) is 0 Å². The molecular weight excluding hydrogens is 372 g/mol. The van der Waals surface area contributed by atoms with Crippen molar-refractivity contribution in [2.24, 2.45) is 0 Å². The maximum Gasteiger partial charge on any atom is 0.128 e. The second kappa shape index (κ2) is 9.49. The molecule has 0 atom stereocenters. The Labute approximate surface area is 182 Å². The van der Waals surface area contributed by atoms with Gasteiger partial charge in [0.2, 0.25) is 0 Å². The highest BCUT2D eigenvalue weighted by molar-refractivity contribution is 5.70. The van der Waals surface area contributed by atoms with Gasteiger partial charge in [0, 0.05) is 42.5 Å². The lowest BCUT2D eigenvalue weighted by molar-refractivity contribution is -0.0884. The molecule has 1 aromatic carbocycles. The van der Waals surface area contributed by atoms with Gasteiger partial charge in [0.15, 0.2) is 0 Å². The van der Waals surface area contributed by atoms with E-state index in [9.17, 15) is 0 Å². The average Bonchev–Trinajstić information content (AvgIpc) is 2.68. The molecule has 0 radical (unpaired) electrons. The zero-order valence-electron chi connectivity index (χ0n) is 19.8. The summed E-state index contributed by atoms with van der Waals surface area (Å²) in [7, 11) is 0. The highest BCUT2D eigenvalue weighted by Crippen LogP contribution is 2.34. The Morgan fingerprint density at radius 3 is 2.40 bits per heavy atom. The molecule has 0 spiro atoms. The minimum atomic E-state index is -0.116. The molecule has 2 heterocycles. The molecule has 4 heteroatoms. The highest BCUT2D eigenvalue weighted by Gasteiger charge is 2.28. The van der Waals surface area contributed by atoms with Crippen LogP contribution in [-0.2, 0) is 24.1 Å². The zero-order chi connectivity index (χ0) is 21.9. The number of aryl methyl sites for hydroxylation is 3. The normalized spacial score (nSPS) is 16.8. The van der Waals surface area contributed by atoms with Crippen LogP contribution in [0.2, 0.25) is 0 Å². The Hall–Kier alpha value is -1.91. The maximum absolute atomic E-state index is 6.33. The summed E-state index contributed by atoms with van der Waals surface area (Å²) in [6.45, 7) is 18.5. The smallest absolute Gasteiger partial charge is 0.128 e. The second-order valence-corrected chi connectivity index (χ2v) is 9.21. The number of ether oxygens (including phenoxy) is 2. The number of benzene rings is 1. The van der Waals surface area contributed by atoms with Crippen molar-refractivity contribution in [3.8, 4) is 17.0 Å². The van der Waals surface area contributed by atoms with Crippen molar-refractivity contribution in [1.82, 2.24) is 9.88 Å². The van der Waals surface area contributed by atoms with Crippen LogP contribution in [0, 0.1) is 6.92 Å². The van der Waals surface area contributed by atoms with E-state index < -0.39 is 0 Å². The monoisotopic (exact) mass is 410 g/mol. The largest absolute Gasteiger partial charge is 0.491 e. The second-order valence-electron chi connectivity index (χ2n) is 9.21.